The van der Waals surface area contributed by atoms with Crippen LogP contribution in [0.25, 0.3) is 0 Å². The highest BCUT2D eigenvalue weighted by molar-refractivity contribution is 5.98. The van der Waals surface area contributed by atoms with Crippen LogP contribution in [0.4, 0.5) is 5.69 Å². The molecule has 0 spiro atoms. The molecule has 29 heavy (non-hydrogen) atoms. The third-order valence-electron chi connectivity index (χ3n) is 5.06. The number of piperidine rings is 1. The number of hydrogen-bond acceptors (Lipinski definition) is 3. The Bertz CT molecular complexity index is 888. The molecule has 2 aromatic rings. The van der Waals surface area contributed by atoms with Gasteiger partial charge in [-0.2, -0.15) is 0 Å². The molecule has 6 heteroatoms. The van der Waals surface area contributed by atoms with Gasteiger partial charge < -0.3 is 15.5 Å². The third-order valence-corrected chi connectivity index (χ3v) is 5.06. The number of hydrogen-bond donors (Lipinski definition) is 2. The second-order valence-corrected chi connectivity index (χ2v) is 7.30. The van der Waals surface area contributed by atoms with Gasteiger partial charge in [0.05, 0.1) is 0 Å². The number of carbonyl (C=O) groups excluding carboxylic acids is 3. The van der Waals surface area contributed by atoms with Gasteiger partial charge in [0.2, 0.25) is 5.91 Å². The van der Waals surface area contributed by atoms with Crippen molar-refractivity contribution in [2.24, 2.45) is 0 Å². The normalized spacial score (nSPS) is 13.6. The van der Waals surface area contributed by atoms with Crippen LogP contribution in [-0.2, 0) is 4.79 Å². The van der Waals surface area contributed by atoms with E-state index in [9.17, 15) is 14.4 Å². The summed E-state index contributed by atoms with van der Waals surface area (Å²) in [6.45, 7) is 3.69. The molecule has 0 aromatic heterocycles. The molecule has 1 aliphatic heterocycles. The topological polar surface area (TPSA) is 78.5 Å². The van der Waals surface area contributed by atoms with Gasteiger partial charge in [-0.1, -0.05) is 24.3 Å². The van der Waals surface area contributed by atoms with Crippen molar-refractivity contribution in [3.63, 3.8) is 0 Å². The van der Waals surface area contributed by atoms with Crippen LogP contribution in [-0.4, -0.2) is 42.3 Å². The first-order chi connectivity index (χ1) is 14.0. The number of likely N-dealkylation sites (tertiary alicyclic amines) is 1. The molecule has 0 unspecified atom stereocenters. The number of nitrogens with one attached hydrogen (secondary N) is 2. The summed E-state index contributed by atoms with van der Waals surface area (Å²) in [6.07, 6.45) is 3.40. The van der Waals surface area contributed by atoms with Gasteiger partial charge in [-0.15, -0.1) is 0 Å². The first-order valence-electron chi connectivity index (χ1n) is 10.1. The van der Waals surface area contributed by atoms with E-state index < -0.39 is 0 Å². The molecule has 1 aliphatic rings. The molecule has 0 saturated carbocycles. The maximum absolute atomic E-state index is 12.6. The van der Waals surface area contributed by atoms with E-state index in [4.69, 9.17) is 0 Å². The van der Waals surface area contributed by atoms with E-state index >= 15 is 0 Å². The number of amides is 3. The van der Waals surface area contributed by atoms with Gasteiger partial charge in [0.25, 0.3) is 11.8 Å². The molecule has 2 N–H and O–H groups in total. The van der Waals surface area contributed by atoms with E-state index in [0.717, 1.165) is 31.5 Å². The molecule has 2 aromatic carbocycles. The van der Waals surface area contributed by atoms with Crippen LogP contribution in [0.2, 0.25) is 0 Å². The second-order valence-electron chi connectivity index (χ2n) is 7.30. The van der Waals surface area contributed by atoms with Gasteiger partial charge in [-0.05, 0) is 56.0 Å². The minimum atomic E-state index is -0.211. The van der Waals surface area contributed by atoms with Crippen LogP contribution < -0.4 is 10.6 Å². The largest absolute Gasteiger partial charge is 0.352 e. The van der Waals surface area contributed by atoms with Crippen LogP contribution in [0.3, 0.4) is 0 Å². The fraction of sp³-hybridized carbons (Fsp3) is 0.348. The summed E-state index contributed by atoms with van der Waals surface area (Å²) in [5.41, 5.74) is 2.67. The van der Waals surface area contributed by atoms with Gasteiger partial charge in [-0.3, -0.25) is 14.4 Å². The van der Waals surface area contributed by atoms with E-state index in [2.05, 4.69) is 10.6 Å². The highest BCUT2D eigenvalue weighted by Crippen LogP contribution is 2.16. The van der Waals surface area contributed by atoms with Crippen molar-refractivity contribution < 1.29 is 14.4 Å². The number of benzene rings is 2. The lowest BCUT2D eigenvalue weighted by Crippen LogP contribution is -2.35. The molecule has 6 nitrogen and oxygen atoms in total. The van der Waals surface area contributed by atoms with Crippen LogP contribution >= 0.6 is 0 Å². The maximum Gasteiger partial charge on any atom is 0.253 e. The monoisotopic (exact) mass is 393 g/mol. The highest BCUT2D eigenvalue weighted by atomic mass is 16.2. The fourth-order valence-electron chi connectivity index (χ4n) is 3.45. The van der Waals surface area contributed by atoms with Crippen LogP contribution in [0, 0.1) is 6.92 Å². The molecule has 1 heterocycles. The van der Waals surface area contributed by atoms with Crippen molar-refractivity contribution in [1.82, 2.24) is 10.2 Å². The predicted molar refractivity (Wildman–Crippen MR) is 113 cm³/mol. The first kappa shape index (κ1) is 20.6. The van der Waals surface area contributed by atoms with Crippen molar-refractivity contribution in [1.29, 1.82) is 0 Å². The average Bonchev–Trinajstić information content (AvgIpc) is 2.74. The molecule has 3 amide bonds. The van der Waals surface area contributed by atoms with E-state index in [1.165, 1.54) is 6.42 Å². The molecule has 0 atom stereocenters. The summed E-state index contributed by atoms with van der Waals surface area (Å²) < 4.78 is 0. The summed E-state index contributed by atoms with van der Waals surface area (Å²) in [4.78, 5) is 38.9. The first-order valence-corrected chi connectivity index (χ1v) is 10.1. The Kier molecular flexibility index (Phi) is 7.00. The summed E-state index contributed by atoms with van der Waals surface area (Å²) in [5, 5.41) is 5.57. The van der Waals surface area contributed by atoms with Crippen molar-refractivity contribution in [2.45, 2.75) is 32.6 Å². The molecule has 1 saturated heterocycles. The summed E-state index contributed by atoms with van der Waals surface area (Å²) >= 11 is 0. The molecule has 3 rings (SSSR count). The van der Waals surface area contributed by atoms with Gasteiger partial charge >= 0.3 is 0 Å². The fourth-order valence-corrected chi connectivity index (χ4v) is 3.45. The van der Waals surface area contributed by atoms with Gasteiger partial charge in [0.1, 0.15) is 0 Å². The number of anilines is 1. The second kappa shape index (κ2) is 9.87. The van der Waals surface area contributed by atoms with Crippen molar-refractivity contribution in [3.05, 3.63) is 65.2 Å². The Morgan fingerprint density at radius 2 is 1.72 bits per heavy atom. The zero-order chi connectivity index (χ0) is 20.6. The Labute approximate surface area is 171 Å². The third kappa shape index (κ3) is 5.67. The Morgan fingerprint density at radius 3 is 2.48 bits per heavy atom. The molecular formula is C23H27N3O3. The maximum atomic E-state index is 12.6. The van der Waals surface area contributed by atoms with Crippen molar-refractivity contribution >= 4 is 23.4 Å². The van der Waals surface area contributed by atoms with E-state index in [0.29, 0.717) is 16.8 Å². The van der Waals surface area contributed by atoms with Gasteiger partial charge in [0.15, 0.2) is 0 Å². The molecule has 0 aliphatic carbocycles. The van der Waals surface area contributed by atoms with Crippen molar-refractivity contribution in [2.75, 3.05) is 25.0 Å². The Morgan fingerprint density at radius 1 is 0.966 bits per heavy atom. The highest BCUT2D eigenvalue weighted by Gasteiger charge is 2.18. The Balaban J connectivity index is 1.50. The molecular weight excluding hydrogens is 366 g/mol. The minimum Gasteiger partial charge on any atom is -0.352 e. The molecule has 0 bridgehead atoms. The zero-order valence-corrected chi connectivity index (χ0v) is 16.7. The van der Waals surface area contributed by atoms with Crippen LogP contribution in [0.15, 0.2) is 48.5 Å². The number of rotatable bonds is 6. The van der Waals surface area contributed by atoms with E-state index in [-0.39, 0.29) is 30.7 Å². The van der Waals surface area contributed by atoms with Crippen molar-refractivity contribution in [3.8, 4) is 0 Å². The average molecular weight is 393 g/mol. The van der Waals surface area contributed by atoms with Crippen LogP contribution in [0.1, 0.15) is 52.0 Å². The van der Waals surface area contributed by atoms with E-state index in [1.54, 1.807) is 30.3 Å². The lowest BCUT2D eigenvalue weighted by atomic mass is 10.1. The van der Waals surface area contributed by atoms with E-state index in [1.807, 2.05) is 30.0 Å². The standard InChI is InChI=1S/C23H27N3O3/c1-17-8-3-4-11-20(17)22(28)24-13-12-21(27)25-19-10-7-9-18(16-19)23(29)26-14-5-2-6-15-26/h3-4,7-11,16H,2,5-6,12-15H2,1H3,(H,24,28)(H,25,27). The predicted octanol–water partition coefficient (Wildman–Crippen LogP) is 3.38. The van der Waals surface area contributed by atoms with Gasteiger partial charge in [0, 0.05) is 42.9 Å². The summed E-state index contributed by atoms with van der Waals surface area (Å²) in [6, 6.07) is 14.3. The minimum absolute atomic E-state index is 0.00583. The lowest BCUT2D eigenvalue weighted by Gasteiger charge is -2.26. The molecule has 152 valence electrons. The number of carbonyl (C=O) groups is 3. The lowest BCUT2D eigenvalue weighted by molar-refractivity contribution is -0.116. The molecule has 0 radical (unpaired) electrons. The van der Waals surface area contributed by atoms with Gasteiger partial charge in [-0.25, -0.2) is 0 Å². The molecule has 1 fully saturated rings. The number of nitrogens with zero attached hydrogens (tertiary/aromatic N) is 1. The van der Waals surface area contributed by atoms with Crippen LogP contribution in [0.5, 0.6) is 0 Å². The Hall–Kier alpha value is -3.15. The zero-order valence-electron chi connectivity index (χ0n) is 16.7. The SMILES string of the molecule is Cc1ccccc1C(=O)NCCC(=O)Nc1cccc(C(=O)N2CCCCC2)c1. The smallest absolute Gasteiger partial charge is 0.253 e. The quantitative estimate of drug-likeness (QED) is 0.790. The summed E-state index contributed by atoms with van der Waals surface area (Å²) in [7, 11) is 0. The summed E-state index contributed by atoms with van der Waals surface area (Å²) in [5.74, 6) is -0.394. The number of aryl methyl sites for hydroxylation is 1.